The summed E-state index contributed by atoms with van der Waals surface area (Å²) in [6.45, 7) is 0.342. The smallest absolute Gasteiger partial charge is 0.251 e. The van der Waals surface area contributed by atoms with Gasteiger partial charge < -0.3 is 14.7 Å². The zero-order valence-corrected chi connectivity index (χ0v) is 10.3. The summed E-state index contributed by atoms with van der Waals surface area (Å²) in [5.41, 5.74) is 1.25. The molecule has 0 spiro atoms. The maximum absolute atomic E-state index is 11.9. The maximum atomic E-state index is 11.9. The van der Waals surface area contributed by atoms with Gasteiger partial charge in [-0.3, -0.25) is 4.79 Å². The van der Waals surface area contributed by atoms with Crippen LogP contribution in [0, 0.1) is 0 Å². The van der Waals surface area contributed by atoms with Gasteiger partial charge in [-0.1, -0.05) is 5.16 Å². The third kappa shape index (κ3) is 2.85. The van der Waals surface area contributed by atoms with E-state index in [0.29, 0.717) is 17.8 Å². The van der Waals surface area contributed by atoms with Gasteiger partial charge in [0.1, 0.15) is 17.8 Å². The molecule has 6 heteroatoms. The molecule has 2 aromatic heterocycles. The van der Waals surface area contributed by atoms with Crippen LogP contribution in [0.4, 0.5) is 5.82 Å². The number of pyridine rings is 1. The monoisotopic (exact) mass is 246 g/mol. The zero-order valence-electron chi connectivity index (χ0n) is 10.3. The summed E-state index contributed by atoms with van der Waals surface area (Å²) in [6.07, 6.45) is 3.08. The molecule has 0 fully saturated rings. The van der Waals surface area contributed by atoms with E-state index in [0.717, 1.165) is 5.82 Å². The van der Waals surface area contributed by atoms with Crippen molar-refractivity contribution in [2.75, 3.05) is 19.0 Å². The highest BCUT2D eigenvalue weighted by molar-refractivity contribution is 5.94. The molecule has 1 N–H and O–H groups in total. The zero-order chi connectivity index (χ0) is 13.0. The Morgan fingerprint density at radius 3 is 2.94 bits per heavy atom. The molecule has 94 valence electrons. The van der Waals surface area contributed by atoms with Crippen molar-refractivity contribution in [3.63, 3.8) is 0 Å². The molecule has 0 aliphatic carbocycles. The lowest BCUT2D eigenvalue weighted by Gasteiger charge is -2.11. The number of nitrogens with one attached hydrogen (secondary N) is 1. The molecule has 2 aromatic rings. The fourth-order valence-corrected chi connectivity index (χ4v) is 1.41. The molecular weight excluding hydrogens is 232 g/mol. The first-order chi connectivity index (χ1) is 8.66. The van der Waals surface area contributed by atoms with Gasteiger partial charge in [0.15, 0.2) is 0 Å². The molecule has 2 rings (SSSR count). The summed E-state index contributed by atoms with van der Waals surface area (Å²) in [7, 11) is 3.75. The third-order valence-corrected chi connectivity index (χ3v) is 2.39. The molecule has 1 amide bonds. The van der Waals surface area contributed by atoms with Crippen LogP contribution in [-0.4, -0.2) is 30.1 Å². The van der Waals surface area contributed by atoms with Crippen molar-refractivity contribution in [3.8, 4) is 0 Å². The summed E-state index contributed by atoms with van der Waals surface area (Å²) in [5.74, 6) is 0.576. The highest BCUT2D eigenvalue weighted by Gasteiger charge is 2.08. The number of rotatable bonds is 4. The van der Waals surface area contributed by atoms with Crippen LogP contribution in [-0.2, 0) is 6.54 Å². The van der Waals surface area contributed by atoms with Crippen molar-refractivity contribution in [2.45, 2.75) is 6.54 Å². The molecule has 0 radical (unpaired) electrons. The minimum atomic E-state index is -0.163. The van der Waals surface area contributed by atoms with E-state index in [9.17, 15) is 4.79 Å². The first-order valence-electron chi connectivity index (χ1n) is 5.47. The van der Waals surface area contributed by atoms with Gasteiger partial charge in [0.05, 0.1) is 6.54 Å². The van der Waals surface area contributed by atoms with E-state index in [-0.39, 0.29) is 5.91 Å². The van der Waals surface area contributed by atoms with E-state index in [1.165, 1.54) is 6.26 Å². The minimum Gasteiger partial charge on any atom is -0.364 e. The van der Waals surface area contributed by atoms with Crippen LogP contribution in [0.3, 0.4) is 0 Å². The van der Waals surface area contributed by atoms with E-state index >= 15 is 0 Å². The van der Waals surface area contributed by atoms with Gasteiger partial charge in [-0.15, -0.1) is 0 Å². The van der Waals surface area contributed by atoms with Crippen molar-refractivity contribution in [1.82, 2.24) is 15.5 Å². The van der Waals surface area contributed by atoms with Crippen molar-refractivity contribution in [1.29, 1.82) is 0 Å². The van der Waals surface area contributed by atoms with Gasteiger partial charge >= 0.3 is 0 Å². The number of hydrogen-bond acceptors (Lipinski definition) is 5. The van der Waals surface area contributed by atoms with Gasteiger partial charge in [0.2, 0.25) is 0 Å². The lowest BCUT2D eigenvalue weighted by atomic mass is 10.2. The van der Waals surface area contributed by atoms with Crippen LogP contribution in [0.5, 0.6) is 0 Å². The Morgan fingerprint density at radius 1 is 1.44 bits per heavy atom. The van der Waals surface area contributed by atoms with Crippen molar-refractivity contribution < 1.29 is 9.32 Å². The maximum Gasteiger partial charge on any atom is 0.251 e. The summed E-state index contributed by atoms with van der Waals surface area (Å²) < 4.78 is 4.69. The molecule has 0 saturated carbocycles. The third-order valence-electron chi connectivity index (χ3n) is 2.39. The van der Waals surface area contributed by atoms with Gasteiger partial charge in [0, 0.05) is 31.9 Å². The standard InChI is InChI=1S/C12H14N4O2/c1-16(2)11-7-9(3-5-13-11)12(17)14-8-10-4-6-18-15-10/h3-7H,8H2,1-2H3,(H,14,17). The molecule has 0 unspecified atom stereocenters. The quantitative estimate of drug-likeness (QED) is 0.873. The molecule has 0 atom stereocenters. The second-order valence-electron chi connectivity index (χ2n) is 3.97. The van der Waals surface area contributed by atoms with Crippen LogP contribution in [0.2, 0.25) is 0 Å². The molecule has 2 heterocycles. The number of anilines is 1. The first-order valence-corrected chi connectivity index (χ1v) is 5.47. The van der Waals surface area contributed by atoms with E-state index in [4.69, 9.17) is 0 Å². The lowest BCUT2D eigenvalue weighted by molar-refractivity contribution is 0.0950. The summed E-state index contributed by atoms with van der Waals surface area (Å²) >= 11 is 0. The van der Waals surface area contributed by atoms with Gasteiger partial charge in [0.25, 0.3) is 5.91 Å². The highest BCUT2D eigenvalue weighted by Crippen LogP contribution is 2.09. The number of carbonyl (C=O) groups excluding carboxylic acids is 1. The Morgan fingerprint density at radius 2 is 2.28 bits per heavy atom. The second kappa shape index (κ2) is 5.31. The average Bonchev–Trinajstić information content (AvgIpc) is 2.89. The van der Waals surface area contributed by atoms with Crippen LogP contribution in [0.1, 0.15) is 16.1 Å². The van der Waals surface area contributed by atoms with E-state index in [1.54, 1.807) is 24.4 Å². The molecular formula is C12H14N4O2. The molecule has 0 aliphatic rings. The van der Waals surface area contributed by atoms with Crippen LogP contribution in [0.25, 0.3) is 0 Å². The normalized spacial score (nSPS) is 10.1. The summed E-state index contributed by atoms with van der Waals surface area (Å²) in [4.78, 5) is 17.9. The van der Waals surface area contributed by atoms with Gasteiger partial charge in [-0.25, -0.2) is 4.98 Å². The predicted octanol–water partition coefficient (Wildman–Crippen LogP) is 1.07. The van der Waals surface area contributed by atoms with Gasteiger partial charge in [-0.2, -0.15) is 0 Å². The molecule has 6 nitrogen and oxygen atoms in total. The highest BCUT2D eigenvalue weighted by atomic mass is 16.5. The van der Waals surface area contributed by atoms with Crippen LogP contribution < -0.4 is 10.2 Å². The fourth-order valence-electron chi connectivity index (χ4n) is 1.41. The van der Waals surface area contributed by atoms with Gasteiger partial charge in [-0.05, 0) is 12.1 Å². The Hall–Kier alpha value is -2.37. The Kier molecular flexibility index (Phi) is 3.57. The van der Waals surface area contributed by atoms with E-state index in [2.05, 4.69) is 20.0 Å². The number of nitrogens with zero attached hydrogens (tertiary/aromatic N) is 3. The summed E-state index contributed by atoms with van der Waals surface area (Å²) in [6, 6.07) is 5.11. The minimum absolute atomic E-state index is 0.163. The number of amides is 1. The Bertz CT molecular complexity index is 523. The van der Waals surface area contributed by atoms with E-state index in [1.807, 2.05) is 19.0 Å². The molecule has 0 bridgehead atoms. The van der Waals surface area contributed by atoms with Crippen molar-refractivity contribution in [3.05, 3.63) is 41.9 Å². The Labute approximate surface area is 105 Å². The predicted molar refractivity (Wildman–Crippen MR) is 66.2 cm³/mol. The molecule has 18 heavy (non-hydrogen) atoms. The van der Waals surface area contributed by atoms with Crippen molar-refractivity contribution >= 4 is 11.7 Å². The largest absolute Gasteiger partial charge is 0.364 e. The van der Waals surface area contributed by atoms with E-state index < -0.39 is 0 Å². The van der Waals surface area contributed by atoms with Crippen LogP contribution >= 0.6 is 0 Å². The number of carbonyl (C=O) groups is 1. The fraction of sp³-hybridized carbons (Fsp3) is 0.250. The number of aromatic nitrogens is 2. The number of hydrogen-bond donors (Lipinski definition) is 1. The average molecular weight is 246 g/mol. The Balaban J connectivity index is 2.02. The molecule has 0 aliphatic heterocycles. The SMILES string of the molecule is CN(C)c1cc(C(=O)NCc2ccon2)ccn1. The second-order valence-corrected chi connectivity index (χ2v) is 3.97. The summed E-state index contributed by atoms with van der Waals surface area (Å²) in [5, 5.41) is 6.48. The molecule has 0 aromatic carbocycles. The molecule has 0 saturated heterocycles. The first kappa shape index (κ1) is 12.1. The lowest BCUT2D eigenvalue weighted by Crippen LogP contribution is -2.23. The topological polar surface area (TPSA) is 71.3 Å². The van der Waals surface area contributed by atoms with Crippen molar-refractivity contribution in [2.24, 2.45) is 0 Å². The van der Waals surface area contributed by atoms with Crippen LogP contribution in [0.15, 0.2) is 35.2 Å².